The second-order valence-electron chi connectivity index (χ2n) is 4.03. The van der Waals surface area contributed by atoms with Crippen LogP contribution >= 0.6 is 0 Å². The van der Waals surface area contributed by atoms with Crippen molar-refractivity contribution in [3.8, 4) is 11.5 Å². The highest BCUT2D eigenvalue weighted by atomic mass is 19.1. The van der Waals surface area contributed by atoms with Crippen molar-refractivity contribution in [2.24, 2.45) is 0 Å². The Balaban J connectivity index is 2.61. The SMILES string of the molecule is O=c1[nH]c2cc(O)ccc2c2cc(F)c(O)cc12. The van der Waals surface area contributed by atoms with E-state index in [9.17, 15) is 19.4 Å². The topological polar surface area (TPSA) is 73.3 Å². The zero-order valence-corrected chi connectivity index (χ0v) is 9.07. The van der Waals surface area contributed by atoms with Gasteiger partial charge in [0.1, 0.15) is 5.75 Å². The number of pyridine rings is 1. The minimum atomic E-state index is -0.789. The average Bonchev–Trinajstić information content (AvgIpc) is 2.31. The Morgan fingerprint density at radius 2 is 1.78 bits per heavy atom. The van der Waals surface area contributed by atoms with Gasteiger partial charge in [-0.25, -0.2) is 4.39 Å². The van der Waals surface area contributed by atoms with Crippen molar-refractivity contribution in [2.45, 2.75) is 0 Å². The van der Waals surface area contributed by atoms with Gasteiger partial charge in [0, 0.05) is 11.5 Å². The first kappa shape index (κ1) is 10.6. The van der Waals surface area contributed by atoms with Crippen LogP contribution in [0.2, 0.25) is 0 Å². The molecule has 0 radical (unpaired) electrons. The number of hydrogen-bond acceptors (Lipinski definition) is 3. The van der Waals surface area contributed by atoms with Crippen LogP contribution in [0.4, 0.5) is 4.39 Å². The molecule has 1 aromatic heterocycles. The Hall–Kier alpha value is -2.56. The Bertz CT molecular complexity index is 839. The van der Waals surface area contributed by atoms with Gasteiger partial charge in [-0.15, -0.1) is 0 Å². The largest absolute Gasteiger partial charge is 0.508 e. The van der Waals surface area contributed by atoms with E-state index in [2.05, 4.69) is 4.98 Å². The van der Waals surface area contributed by atoms with E-state index >= 15 is 0 Å². The fraction of sp³-hybridized carbons (Fsp3) is 0. The van der Waals surface area contributed by atoms with Crippen LogP contribution in [0.1, 0.15) is 0 Å². The number of aromatic nitrogens is 1. The van der Waals surface area contributed by atoms with E-state index in [1.54, 1.807) is 6.07 Å². The number of aromatic amines is 1. The molecule has 3 aromatic rings. The summed E-state index contributed by atoms with van der Waals surface area (Å²) in [6.07, 6.45) is 0. The van der Waals surface area contributed by atoms with Gasteiger partial charge in [0.2, 0.25) is 0 Å². The molecular weight excluding hydrogens is 237 g/mol. The molecule has 1 heterocycles. The van der Waals surface area contributed by atoms with Crippen molar-refractivity contribution in [1.29, 1.82) is 0 Å². The van der Waals surface area contributed by atoms with Crippen LogP contribution in [0.5, 0.6) is 11.5 Å². The van der Waals surface area contributed by atoms with Gasteiger partial charge in [0.15, 0.2) is 11.6 Å². The number of benzene rings is 2. The van der Waals surface area contributed by atoms with Crippen molar-refractivity contribution in [3.63, 3.8) is 0 Å². The number of fused-ring (bicyclic) bond motifs is 3. The summed E-state index contributed by atoms with van der Waals surface area (Å²) in [5.74, 6) is -1.34. The van der Waals surface area contributed by atoms with E-state index in [1.165, 1.54) is 12.1 Å². The predicted molar refractivity (Wildman–Crippen MR) is 65.4 cm³/mol. The summed E-state index contributed by atoms with van der Waals surface area (Å²) in [4.78, 5) is 14.4. The molecule has 0 unspecified atom stereocenters. The van der Waals surface area contributed by atoms with Gasteiger partial charge in [-0.3, -0.25) is 4.79 Å². The normalized spacial score (nSPS) is 11.2. The molecule has 0 spiro atoms. The Labute approximate surface area is 99.9 Å². The minimum Gasteiger partial charge on any atom is -0.508 e. The first-order valence-electron chi connectivity index (χ1n) is 5.23. The van der Waals surface area contributed by atoms with Crippen molar-refractivity contribution in [3.05, 3.63) is 46.5 Å². The lowest BCUT2D eigenvalue weighted by Gasteiger charge is -2.05. The molecule has 0 amide bonds. The van der Waals surface area contributed by atoms with Gasteiger partial charge < -0.3 is 15.2 Å². The zero-order valence-electron chi connectivity index (χ0n) is 9.07. The molecule has 0 fully saturated rings. The number of H-pyrrole nitrogens is 1. The minimum absolute atomic E-state index is 0.0109. The highest BCUT2D eigenvalue weighted by Gasteiger charge is 2.10. The molecule has 0 aliphatic rings. The molecule has 4 nitrogen and oxygen atoms in total. The number of hydrogen-bond donors (Lipinski definition) is 3. The number of aromatic hydroxyl groups is 2. The molecular formula is C13H8FNO3. The van der Waals surface area contributed by atoms with Crippen LogP contribution in [0.25, 0.3) is 21.7 Å². The number of phenolic OH excluding ortho intramolecular Hbond substituents is 2. The monoisotopic (exact) mass is 245 g/mol. The molecule has 0 bridgehead atoms. The first-order chi connectivity index (χ1) is 8.56. The fourth-order valence-corrected chi connectivity index (χ4v) is 2.03. The molecule has 18 heavy (non-hydrogen) atoms. The number of phenols is 2. The van der Waals surface area contributed by atoms with E-state index in [-0.39, 0.29) is 11.1 Å². The standard InChI is InChI=1S/C13H8FNO3/c14-10-4-8-7-2-1-6(16)3-11(7)15-13(18)9(8)5-12(10)17/h1-5,16-17H,(H,15,18). The lowest BCUT2D eigenvalue weighted by Crippen LogP contribution is -2.06. The number of halogens is 1. The second-order valence-corrected chi connectivity index (χ2v) is 4.03. The quantitative estimate of drug-likeness (QED) is 0.532. The van der Waals surface area contributed by atoms with E-state index in [0.717, 1.165) is 12.1 Å². The lowest BCUT2D eigenvalue weighted by molar-refractivity contribution is 0.433. The summed E-state index contributed by atoms with van der Waals surface area (Å²) in [5, 5.41) is 19.8. The van der Waals surface area contributed by atoms with Gasteiger partial charge in [0.25, 0.3) is 5.56 Å². The number of nitrogens with one attached hydrogen (secondary N) is 1. The summed E-state index contributed by atoms with van der Waals surface area (Å²) in [6, 6.07) is 6.63. The van der Waals surface area contributed by atoms with Crippen molar-refractivity contribution in [2.75, 3.05) is 0 Å². The average molecular weight is 245 g/mol. The van der Waals surface area contributed by atoms with Crippen molar-refractivity contribution >= 4 is 21.7 Å². The van der Waals surface area contributed by atoms with Crippen LogP contribution < -0.4 is 5.56 Å². The molecule has 0 aliphatic carbocycles. The van der Waals surface area contributed by atoms with E-state index < -0.39 is 17.1 Å². The van der Waals surface area contributed by atoms with Gasteiger partial charge in [-0.2, -0.15) is 0 Å². The van der Waals surface area contributed by atoms with Gasteiger partial charge in [-0.1, -0.05) is 0 Å². The molecule has 90 valence electrons. The van der Waals surface area contributed by atoms with Crippen molar-refractivity contribution in [1.82, 2.24) is 4.98 Å². The zero-order chi connectivity index (χ0) is 12.9. The summed E-state index contributed by atoms with van der Waals surface area (Å²) in [7, 11) is 0. The molecule has 3 rings (SSSR count). The maximum atomic E-state index is 13.4. The maximum absolute atomic E-state index is 13.4. The highest BCUT2D eigenvalue weighted by molar-refractivity contribution is 6.05. The third-order valence-electron chi connectivity index (χ3n) is 2.87. The molecule has 0 saturated heterocycles. The highest BCUT2D eigenvalue weighted by Crippen LogP contribution is 2.28. The fourth-order valence-electron chi connectivity index (χ4n) is 2.03. The van der Waals surface area contributed by atoms with Crippen molar-refractivity contribution < 1.29 is 14.6 Å². The molecule has 0 atom stereocenters. The summed E-state index contributed by atoms with van der Waals surface area (Å²) in [6.45, 7) is 0. The lowest BCUT2D eigenvalue weighted by atomic mass is 10.1. The van der Waals surface area contributed by atoms with Crippen LogP contribution in [0.15, 0.2) is 35.1 Å². The Morgan fingerprint density at radius 1 is 1.00 bits per heavy atom. The van der Waals surface area contributed by atoms with Crippen LogP contribution in [-0.4, -0.2) is 15.2 Å². The molecule has 0 saturated carbocycles. The maximum Gasteiger partial charge on any atom is 0.256 e. The second kappa shape index (κ2) is 3.46. The third-order valence-corrected chi connectivity index (χ3v) is 2.87. The Morgan fingerprint density at radius 3 is 2.56 bits per heavy atom. The molecule has 0 aliphatic heterocycles. The van der Waals surface area contributed by atoms with Crippen LogP contribution in [-0.2, 0) is 0 Å². The van der Waals surface area contributed by atoms with Gasteiger partial charge in [-0.05, 0) is 29.7 Å². The smallest absolute Gasteiger partial charge is 0.256 e. The number of rotatable bonds is 0. The Kier molecular flexibility index (Phi) is 2.04. The van der Waals surface area contributed by atoms with Crippen LogP contribution in [0.3, 0.4) is 0 Å². The van der Waals surface area contributed by atoms with E-state index in [1.807, 2.05) is 0 Å². The van der Waals surface area contributed by atoms with E-state index in [4.69, 9.17) is 0 Å². The van der Waals surface area contributed by atoms with Gasteiger partial charge in [0.05, 0.1) is 10.9 Å². The molecule has 2 aromatic carbocycles. The molecule has 5 heteroatoms. The van der Waals surface area contributed by atoms with E-state index in [0.29, 0.717) is 16.3 Å². The van der Waals surface area contributed by atoms with Crippen LogP contribution in [0, 0.1) is 5.82 Å². The molecule has 3 N–H and O–H groups in total. The predicted octanol–water partition coefficient (Wildman–Crippen LogP) is 2.23. The summed E-state index contributed by atoms with van der Waals surface area (Å²) in [5.41, 5.74) is -0.0315. The summed E-state index contributed by atoms with van der Waals surface area (Å²) >= 11 is 0. The third kappa shape index (κ3) is 1.41. The first-order valence-corrected chi connectivity index (χ1v) is 5.23. The summed E-state index contributed by atoms with van der Waals surface area (Å²) < 4.78 is 13.4. The van der Waals surface area contributed by atoms with Gasteiger partial charge >= 0.3 is 0 Å².